The lowest BCUT2D eigenvalue weighted by atomic mass is 9.88. The van der Waals surface area contributed by atoms with Gasteiger partial charge in [0.05, 0.1) is 12.4 Å². The molecule has 0 radical (unpaired) electrons. The van der Waals surface area contributed by atoms with Crippen molar-refractivity contribution in [1.82, 2.24) is 0 Å². The molecule has 0 aliphatic carbocycles. The van der Waals surface area contributed by atoms with Gasteiger partial charge in [-0.3, -0.25) is 0 Å². The van der Waals surface area contributed by atoms with Crippen LogP contribution in [0.1, 0.15) is 27.2 Å². The molecule has 0 saturated carbocycles. The third-order valence-electron chi connectivity index (χ3n) is 2.01. The number of aliphatic hydroxyl groups is 1. The molecule has 0 aromatic heterocycles. The highest BCUT2D eigenvalue weighted by molar-refractivity contribution is 4.97. The summed E-state index contributed by atoms with van der Waals surface area (Å²) >= 11 is 0. The van der Waals surface area contributed by atoms with Crippen LogP contribution in [0.25, 0.3) is 0 Å². The van der Waals surface area contributed by atoms with Crippen LogP contribution in [-0.2, 0) is 4.74 Å². The Balaban J connectivity index is 3.82. The van der Waals surface area contributed by atoms with Crippen molar-refractivity contribution in [3.05, 3.63) is 12.3 Å². The number of ether oxygens (including phenoxy) is 1. The van der Waals surface area contributed by atoms with Crippen molar-refractivity contribution in [3.8, 4) is 0 Å². The van der Waals surface area contributed by atoms with E-state index in [2.05, 4.69) is 27.4 Å². The maximum Gasteiger partial charge on any atom is 0.111 e. The van der Waals surface area contributed by atoms with E-state index in [9.17, 15) is 0 Å². The van der Waals surface area contributed by atoms with Crippen molar-refractivity contribution in [3.63, 3.8) is 0 Å². The molecule has 0 rings (SSSR count). The predicted octanol–water partition coefficient (Wildman–Crippen LogP) is 1.95. The molecule has 2 heteroatoms. The molecule has 66 valence electrons. The molecule has 0 atom stereocenters. The van der Waals surface area contributed by atoms with Gasteiger partial charge in [-0.05, 0) is 6.42 Å². The molecule has 2 nitrogen and oxygen atoms in total. The Hall–Kier alpha value is -0.500. The first kappa shape index (κ1) is 10.5. The number of hydrogen-bond donors (Lipinski definition) is 1. The summed E-state index contributed by atoms with van der Waals surface area (Å²) in [5.41, 5.74) is 0.0230. The van der Waals surface area contributed by atoms with Crippen LogP contribution in [0.4, 0.5) is 0 Å². The number of hydrogen-bond acceptors (Lipinski definition) is 2. The fourth-order valence-corrected chi connectivity index (χ4v) is 0.561. The Bertz CT molecular complexity index is 128. The van der Waals surface area contributed by atoms with Crippen molar-refractivity contribution < 1.29 is 9.84 Å². The number of allylic oxidation sites excluding steroid dienone is 1. The summed E-state index contributed by atoms with van der Waals surface area (Å²) in [6, 6.07) is 0. The van der Waals surface area contributed by atoms with Gasteiger partial charge in [-0.15, -0.1) is 0 Å². The minimum Gasteiger partial charge on any atom is -0.496 e. The molecule has 11 heavy (non-hydrogen) atoms. The van der Waals surface area contributed by atoms with E-state index in [0.29, 0.717) is 6.61 Å². The summed E-state index contributed by atoms with van der Waals surface area (Å²) in [7, 11) is 0. The molecule has 1 N–H and O–H groups in total. The van der Waals surface area contributed by atoms with Crippen LogP contribution in [0.15, 0.2) is 12.3 Å². The SMILES string of the molecule is C=C(OCCO)C(C)(C)CC. The number of aliphatic hydroxyl groups excluding tert-OH is 1. The Morgan fingerprint density at radius 3 is 2.45 bits per heavy atom. The lowest BCUT2D eigenvalue weighted by Gasteiger charge is -2.25. The third-order valence-corrected chi connectivity index (χ3v) is 2.01. The van der Waals surface area contributed by atoms with Crippen LogP contribution < -0.4 is 0 Å². The molecule has 0 aliphatic heterocycles. The number of rotatable bonds is 5. The lowest BCUT2D eigenvalue weighted by molar-refractivity contribution is 0.104. The van der Waals surface area contributed by atoms with E-state index in [1.54, 1.807) is 0 Å². The first-order valence-electron chi connectivity index (χ1n) is 3.97. The molecule has 0 heterocycles. The van der Waals surface area contributed by atoms with Crippen LogP contribution in [0.3, 0.4) is 0 Å². The summed E-state index contributed by atoms with van der Waals surface area (Å²) < 4.78 is 5.20. The summed E-state index contributed by atoms with van der Waals surface area (Å²) in [5, 5.41) is 8.49. The molecule has 0 unspecified atom stereocenters. The molecular formula is C9H18O2. The molecule has 0 bridgehead atoms. The Kier molecular flexibility index (Phi) is 4.19. The molecule has 0 aromatic rings. The van der Waals surface area contributed by atoms with Gasteiger partial charge in [-0.25, -0.2) is 0 Å². The van der Waals surface area contributed by atoms with Gasteiger partial charge in [0.1, 0.15) is 6.61 Å². The standard InChI is InChI=1S/C9H18O2/c1-5-9(3,4)8(2)11-7-6-10/h10H,2,5-7H2,1,3-4H3. The third kappa shape index (κ3) is 3.42. The zero-order chi connectivity index (χ0) is 8.91. The fourth-order valence-electron chi connectivity index (χ4n) is 0.561. The van der Waals surface area contributed by atoms with Gasteiger partial charge < -0.3 is 9.84 Å². The second kappa shape index (κ2) is 4.39. The van der Waals surface area contributed by atoms with Gasteiger partial charge in [-0.1, -0.05) is 27.4 Å². The largest absolute Gasteiger partial charge is 0.496 e. The fraction of sp³-hybridized carbons (Fsp3) is 0.778. The van der Waals surface area contributed by atoms with Crippen molar-refractivity contribution >= 4 is 0 Å². The van der Waals surface area contributed by atoms with E-state index in [1.165, 1.54) is 0 Å². The summed E-state index contributed by atoms with van der Waals surface area (Å²) in [6.45, 7) is 10.4. The van der Waals surface area contributed by atoms with Gasteiger partial charge in [0.2, 0.25) is 0 Å². The summed E-state index contributed by atoms with van der Waals surface area (Å²) in [5.74, 6) is 0.758. The van der Waals surface area contributed by atoms with Crippen LogP contribution in [-0.4, -0.2) is 18.3 Å². The van der Waals surface area contributed by atoms with Gasteiger partial charge in [0.25, 0.3) is 0 Å². The molecule has 0 aromatic carbocycles. The van der Waals surface area contributed by atoms with Crippen LogP contribution in [0, 0.1) is 5.41 Å². The van der Waals surface area contributed by atoms with Crippen molar-refractivity contribution in [1.29, 1.82) is 0 Å². The monoisotopic (exact) mass is 158 g/mol. The highest BCUT2D eigenvalue weighted by Gasteiger charge is 2.20. The summed E-state index contributed by atoms with van der Waals surface area (Å²) in [4.78, 5) is 0. The van der Waals surface area contributed by atoms with E-state index in [1.807, 2.05) is 0 Å². The molecule has 0 aliphatic rings. The normalized spacial score (nSPS) is 11.3. The summed E-state index contributed by atoms with van der Waals surface area (Å²) in [6.07, 6.45) is 0.997. The zero-order valence-corrected chi connectivity index (χ0v) is 7.68. The minimum absolute atomic E-state index is 0.0230. The van der Waals surface area contributed by atoms with Crippen LogP contribution >= 0.6 is 0 Å². The van der Waals surface area contributed by atoms with Gasteiger partial charge in [0, 0.05) is 5.41 Å². The molecule has 0 amide bonds. The van der Waals surface area contributed by atoms with Crippen molar-refractivity contribution in [2.24, 2.45) is 5.41 Å². The van der Waals surface area contributed by atoms with Crippen molar-refractivity contribution in [2.75, 3.05) is 13.2 Å². The highest BCUT2D eigenvalue weighted by atomic mass is 16.5. The Morgan fingerprint density at radius 1 is 1.55 bits per heavy atom. The molecular weight excluding hydrogens is 140 g/mol. The maximum atomic E-state index is 8.49. The van der Waals surface area contributed by atoms with E-state index in [4.69, 9.17) is 9.84 Å². The average Bonchev–Trinajstić information content (AvgIpc) is 2.00. The lowest BCUT2D eigenvalue weighted by Crippen LogP contribution is -2.16. The second-order valence-electron chi connectivity index (χ2n) is 3.23. The smallest absolute Gasteiger partial charge is 0.111 e. The molecule has 0 saturated heterocycles. The van der Waals surface area contributed by atoms with Gasteiger partial charge in [-0.2, -0.15) is 0 Å². The van der Waals surface area contributed by atoms with Crippen LogP contribution in [0.5, 0.6) is 0 Å². The first-order valence-corrected chi connectivity index (χ1v) is 3.97. The van der Waals surface area contributed by atoms with E-state index in [0.717, 1.165) is 12.2 Å². The van der Waals surface area contributed by atoms with E-state index < -0.39 is 0 Å². The maximum absolute atomic E-state index is 8.49. The Labute approximate surface area is 68.9 Å². The second-order valence-corrected chi connectivity index (χ2v) is 3.23. The molecule has 0 fully saturated rings. The minimum atomic E-state index is 0.0230. The highest BCUT2D eigenvalue weighted by Crippen LogP contribution is 2.28. The van der Waals surface area contributed by atoms with Gasteiger partial charge >= 0.3 is 0 Å². The van der Waals surface area contributed by atoms with Gasteiger partial charge in [0.15, 0.2) is 0 Å². The zero-order valence-electron chi connectivity index (χ0n) is 7.68. The average molecular weight is 158 g/mol. The Morgan fingerprint density at radius 2 is 2.09 bits per heavy atom. The van der Waals surface area contributed by atoms with E-state index >= 15 is 0 Å². The molecule has 0 spiro atoms. The quantitative estimate of drug-likeness (QED) is 0.620. The first-order chi connectivity index (χ1) is 5.04. The van der Waals surface area contributed by atoms with Crippen molar-refractivity contribution in [2.45, 2.75) is 27.2 Å². The topological polar surface area (TPSA) is 29.5 Å². The van der Waals surface area contributed by atoms with Crippen LogP contribution in [0.2, 0.25) is 0 Å². The van der Waals surface area contributed by atoms with E-state index in [-0.39, 0.29) is 12.0 Å². The predicted molar refractivity (Wildman–Crippen MR) is 46.2 cm³/mol.